The van der Waals surface area contributed by atoms with Crippen LogP contribution in [0.2, 0.25) is 0 Å². The normalized spacial score (nSPS) is 15.0. The van der Waals surface area contributed by atoms with Gasteiger partial charge in [-0.3, -0.25) is 4.79 Å². The van der Waals surface area contributed by atoms with Gasteiger partial charge in [0.15, 0.2) is 0 Å². The lowest BCUT2D eigenvalue weighted by Crippen LogP contribution is -2.38. The van der Waals surface area contributed by atoms with E-state index in [1.165, 1.54) is 0 Å². The van der Waals surface area contributed by atoms with Gasteiger partial charge in [0, 0.05) is 0 Å². The number of nitrogens with two attached hydrogens (primary N) is 1. The van der Waals surface area contributed by atoms with Gasteiger partial charge in [-0.25, -0.2) is 14.4 Å². The topological polar surface area (TPSA) is 153 Å². The van der Waals surface area contributed by atoms with E-state index in [4.69, 9.17) is 15.9 Å². The van der Waals surface area contributed by atoms with Crippen LogP contribution in [0.1, 0.15) is 20.3 Å². The highest BCUT2D eigenvalue weighted by Gasteiger charge is 2.26. The van der Waals surface area contributed by atoms with Gasteiger partial charge in [0.25, 0.3) is 0 Å². The zero-order valence-corrected chi connectivity index (χ0v) is 10.4. The van der Waals surface area contributed by atoms with Crippen LogP contribution in [-0.2, 0) is 28.7 Å². The Labute approximate surface area is 108 Å². The summed E-state index contributed by atoms with van der Waals surface area (Å²) in [4.78, 5) is 44.0. The van der Waals surface area contributed by atoms with Crippen molar-refractivity contribution < 1.29 is 38.9 Å². The summed E-state index contributed by atoms with van der Waals surface area (Å²) in [6.45, 7) is 2.17. The predicted molar refractivity (Wildman–Crippen MR) is 58.2 cm³/mol. The second kappa shape index (κ2) is 7.56. The fourth-order valence-electron chi connectivity index (χ4n) is 0.762. The van der Waals surface area contributed by atoms with Gasteiger partial charge in [-0.2, -0.15) is 0 Å². The van der Waals surface area contributed by atoms with Crippen molar-refractivity contribution in [2.75, 3.05) is 0 Å². The number of hydrogen-bond acceptors (Lipinski definition) is 9. The van der Waals surface area contributed by atoms with E-state index in [-0.39, 0.29) is 0 Å². The largest absolute Gasteiger partial charge is 0.391 e. The van der Waals surface area contributed by atoms with Gasteiger partial charge in [-0.05, 0) is 13.8 Å². The highest BCUT2D eigenvalue weighted by Crippen LogP contribution is 1.99. The minimum atomic E-state index is -1.53. The first-order valence-electron chi connectivity index (χ1n) is 5.27. The molecule has 0 aromatic heterocycles. The second-order valence-corrected chi connectivity index (χ2v) is 3.70. The summed E-state index contributed by atoms with van der Waals surface area (Å²) >= 11 is 0. The van der Waals surface area contributed by atoms with Crippen molar-refractivity contribution in [2.24, 2.45) is 5.73 Å². The fourth-order valence-corrected chi connectivity index (χ4v) is 0.762. The molecule has 0 fully saturated rings. The Morgan fingerprint density at radius 1 is 0.947 bits per heavy atom. The first-order chi connectivity index (χ1) is 8.65. The van der Waals surface area contributed by atoms with Crippen molar-refractivity contribution in [1.82, 2.24) is 0 Å². The number of hydrogen-bond donors (Lipinski definition) is 3. The summed E-state index contributed by atoms with van der Waals surface area (Å²) in [6, 6.07) is -1.53. The summed E-state index contributed by atoms with van der Waals surface area (Å²) in [5.41, 5.74) is 5.24. The molecular formula is C10H15NO8. The van der Waals surface area contributed by atoms with Crippen LogP contribution < -0.4 is 5.73 Å². The van der Waals surface area contributed by atoms with E-state index in [0.717, 1.165) is 13.8 Å². The smallest absolute Gasteiger partial charge is 0.342 e. The maximum absolute atomic E-state index is 11.2. The van der Waals surface area contributed by atoms with Gasteiger partial charge >= 0.3 is 23.9 Å². The summed E-state index contributed by atoms with van der Waals surface area (Å²) < 4.78 is 8.27. The van der Waals surface area contributed by atoms with E-state index in [1.807, 2.05) is 0 Å². The first-order valence-corrected chi connectivity index (χ1v) is 5.27. The molecule has 4 N–H and O–H groups in total. The number of ether oxygens (including phenoxy) is 2. The van der Waals surface area contributed by atoms with Gasteiger partial charge in [-0.15, -0.1) is 0 Å². The van der Waals surface area contributed by atoms with E-state index < -0.39 is 48.5 Å². The SMILES string of the molecule is CC(O)C(=O)OC(=O)C[C@H](N)C(=O)OC(=O)C(C)O. The van der Waals surface area contributed by atoms with Crippen LogP contribution in [0.5, 0.6) is 0 Å². The Balaban J connectivity index is 4.26. The van der Waals surface area contributed by atoms with Crippen molar-refractivity contribution in [1.29, 1.82) is 0 Å². The van der Waals surface area contributed by atoms with Crippen molar-refractivity contribution in [3.63, 3.8) is 0 Å². The van der Waals surface area contributed by atoms with Crippen molar-refractivity contribution >= 4 is 23.9 Å². The molecule has 9 heteroatoms. The summed E-state index contributed by atoms with van der Waals surface area (Å²) in [6.07, 6.45) is -3.73. The van der Waals surface area contributed by atoms with Crippen LogP contribution >= 0.6 is 0 Å². The third-order valence-corrected chi connectivity index (χ3v) is 1.79. The molecule has 19 heavy (non-hydrogen) atoms. The van der Waals surface area contributed by atoms with E-state index in [0.29, 0.717) is 0 Å². The van der Waals surface area contributed by atoms with Crippen LogP contribution in [0.15, 0.2) is 0 Å². The van der Waals surface area contributed by atoms with E-state index >= 15 is 0 Å². The van der Waals surface area contributed by atoms with Gasteiger partial charge in [0.1, 0.15) is 18.2 Å². The molecule has 0 saturated carbocycles. The summed E-state index contributed by atoms with van der Waals surface area (Å²) in [5, 5.41) is 17.6. The average molecular weight is 277 g/mol. The molecule has 2 unspecified atom stereocenters. The molecule has 9 nitrogen and oxygen atoms in total. The van der Waals surface area contributed by atoms with Crippen LogP contribution in [0, 0.1) is 0 Å². The number of aliphatic hydroxyl groups is 2. The standard InChI is InChI=1S/C10H15NO8/c1-4(12)8(15)18-7(14)3-6(11)10(17)19-9(16)5(2)13/h4-6,12-13H,3,11H2,1-2H3/t4?,5?,6-/m0/s1. The molecule has 0 bridgehead atoms. The van der Waals surface area contributed by atoms with E-state index in [2.05, 4.69) is 9.47 Å². The molecule has 0 aliphatic heterocycles. The Kier molecular flexibility index (Phi) is 6.83. The molecule has 0 aromatic rings. The zero-order chi connectivity index (χ0) is 15.2. The molecule has 0 spiro atoms. The molecular weight excluding hydrogens is 262 g/mol. The third kappa shape index (κ3) is 6.60. The van der Waals surface area contributed by atoms with E-state index in [9.17, 15) is 19.2 Å². The molecule has 0 radical (unpaired) electrons. The lowest BCUT2D eigenvalue weighted by molar-refractivity contribution is -0.171. The molecule has 0 aliphatic rings. The van der Waals surface area contributed by atoms with Crippen LogP contribution in [-0.4, -0.2) is 52.3 Å². The van der Waals surface area contributed by atoms with Gasteiger partial charge < -0.3 is 25.4 Å². The summed E-state index contributed by atoms with van der Waals surface area (Å²) in [5.74, 6) is -4.80. The van der Waals surface area contributed by atoms with Crippen molar-refractivity contribution in [3.05, 3.63) is 0 Å². The zero-order valence-electron chi connectivity index (χ0n) is 10.4. The molecule has 3 atom stereocenters. The van der Waals surface area contributed by atoms with Gasteiger partial charge in [-0.1, -0.05) is 0 Å². The molecule has 0 amide bonds. The van der Waals surface area contributed by atoms with Crippen LogP contribution in [0.3, 0.4) is 0 Å². The van der Waals surface area contributed by atoms with Crippen LogP contribution in [0.4, 0.5) is 0 Å². The highest BCUT2D eigenvalue weighted by molar-refractivity contribution is 5.94. The Bertz CT molecular complexity index is 376. The Hall–Kier alpha value is -1.84. The monoisotopic (exact) mass is 277 g/mol. The fraction of sp³-hybridized carbons (Fsp3) is 0.600. The number of aliphatic hydroxyl groups excluding tert-OH is 2. The molecule has 0 heterocycles. The minimum absolute atomic E-state index is 0.718. The first kappa shape index (κ1) is 17.2. The maximum atomic E-state index is 11.2. The molecule has 0 saturated heterocycles. The third-order valence-electron chi connectivity index (χ3n) is 1.79. The van der Waals surface area contributed by atoms with Gasteiger partial charge in [0.05, 0.1) is 6.42 Å². The predicted octanol–water partition coefficient (Wildman–Crippen LogP) is -2.39. The second-order valence-electron chi connectivity index (χ2n) is 3.70. The minimum Gasteiger partial charge on any atom is -0.391 e. The van der Waals surface area contributed by atoms with Crippen molar-refractivity contribution in [2.45, 2.75) is 38.5 Å². The van der Waals surface area contributed by atoms with Gasteiger partial charge in [0.2, 0.25) is 0 Å². The number of carbonyl (C=O) groups excluding carboxylic acids is 4. The average Bonchev–Trinajstić information content (AvgIpc) is 2.27. The number of rotatable bonds is 5. The molecule has 0 rings (SSSR count). The lowest BCUT2D eigenvalue weighted by atomic mass is 10.2. The molecule has 0 aliphatic carbocycles. The Morgan fingerprint density at radius 2 is 1.37 bits per heavy atom. The quantitative estimate of drug-likeness (QED) is 0.368. The molecule has 0 aromatic carbocycles. The maximum Gasteiger partial charge on any atom is 0.342 e. The lowest BCUT2D eigenvalue weighted by Gasteiger charge is -2.10. The number of carbonyl (C=O) groups is 4. The van der Waals surface area contributed by atoms with E-state index in [1.54, 1.807) is 0 Å². The van der Waals surface area contributed by atoms with Crippen molar-refractivity contribution in [3.8, 4) is 0 Å². The summed E-state index contributed by atoms with van der Waals surface area (Å²) in [7, 11) is 0. The van der Waals surface area contributed by atoms with Crippen LogP contribution in [0.25, 0.3) is 0 Å². The Morgan fingerprint density at radius 3 is 1.79 bits per heavy atom. The number of esters is 4. The highest BCUT2D eigenvalue weighted by atomic mass is 16.6. The molecule has 108 valence electrons.